The van der Waals surface area contributed by atoms with E-state index in [1.807, 2.05) is 49.4 Å². The van der Waals surface area contributed by atoms with Gasteiger partial charge in [-0.1, -0.05) is 30.3 Å². The van der Waals surface area contributed by atoms with Gasteiger partial charge in [0.25, 0.3) is 0 Å². The average Bonchev–Trinajstić information content (AvgIpc) is 3.09. The first kappa shape index (κ1) is 19.6. The number of nitrogens with zero attached hydrogens (tertiary/aromatic N) is 3. The fourth-order valence-electron chi connectivity index (χ4n) is 3.95. The largest absolute Gasteiger partial charge is 0.401 e. The van der Waals surface area contributed by atoms with Crippen LogP contribution in [0.4, 0.5) is 13.2 Å². The molecule has 0 amide bonds. The summed E-state index contributed by atoms with van der Waals surface area (Å²) < 4.78 is 38.2. The van der Waals surface area contributed by atoms with Gasteiger partial charge in [-0.25, -0.2) is 4.98 Å². The average molecular weight is 400 g/mol. The number of halogens is 3. The van der Waals surface area contributed by atoms with Gasteiger partial charge in [-0.15, -0.1) is 0 Å². The van der Waals surface area contributed by atoms with Crippen molar-refractivity contribution >= 4 is 0 Å². The molecule has 1 fully saturated rings. The van der Waals surface area contributed by atoms with Crippen molar-refractivity contribution in [3.05, 3.63) is 60.2 Å². The molecule has 0 aliphatic carbocycles. The lowest BCUT2D eigenvalue weighted by Crippen LogP contribution is -2.40. The van der Waals surface area contributed by atoms with Crippen molar-refractivity contribution in [1.29, 1.82) is 0 Å². The normalized spacial score (nSPS) is 18.1. The summed E-state index contributed by atoms with van der Waals surface area (Å²) in [6, 6.07) is 13.9. The third-order valence-electron chi connectivity index (χ3n) is 5.30. The Morgan fingerprint density at radius 1 is 1.10 bits per heavy atom. The number of aromatic amines is 1. The maximum Gasteiger partial charge on any atom is 0.401 e. The van der Waals surface area contributed by atoms with E-state index in [0.717, 1.165) is 46.9 Å². The molecule has 1 N–H and O–H groups in total. The molecule has 29 heavy (non-hydrogen) atoms. The minimum atomic E-state index is -4.17. The molecule has 0 bridgehead atoms. The van der Waals surface area contributed by atoms with Crippen molar-refractivity contribution in [3.63, 3.8) is 0 Å². The minimum absolute atomic E-state index is 0.0184. The number of alkyl halides is 3. The van der Waals surface area contributed by atoms with Crippen LogP contribution in [0.3, 0.4) is 0 Å². The van der Waals surface area contributed by atoms with Gasteiger partial charge in [0.1, 0.15) is 5.82 Å². The number of hydrogen-bond acceptors (Lipinski definition) is 3. The van der Waals surface area contributed by atoms with E-state index in [0.29, 0.717) is 13.1 Å². The Balaban J connectivity index is 1.52. The summed E-state index contributed by atoms with van der Waals surface area (Å²) in [7, 11) is 0. The Morgan fingerprint density at radius 3 is 2.59 bits per heavy atom. The smallest absolute Gasteiger partial charge is 0.345 e. The van der Waals surface area contributed by atoms with Crippen molar-refractivity contribution in [3.8, 4) is 22.5 Å². The lowest BCUT2D eigenvalue weighted by atomic mass is 9.97. The van der Waals surface area contributed by atoms with Gasteiger partial charge in [0, 0.05) is 35.5 Å². The molecular weight excluding hydrogens is 377 g/mol. The SMILES string of the molecule is Cc1[nH]c([C@H]2CCCN(CC(F)(F)F)C2)nc1-c1ccc(-c2ccccc2)nc1. The van der Waals surface area contributed by atoms with Crippen LogP contribution >= 0.6 is 0 Å². The molecule has 2 aromatic heterocycles. The van der Waals surface area contributed by atoms with Crippen LogP contribution in [0.25, 0.3) is 22.5 Å². The molecule has 4 rings (SSSR count). The zero-order chi connectivity index (χ0) is 20.4. The fraction of sp³-hybridized carbons (Fsp3) is 0.364. The van der Waals surface area contributed by atoms with E-state index >= 15 is 0 Å². The molecule has 1 aliphatic rings. The molecule has 1 aromatic carbocycles. The molecule has 0 unspecified atom stereocenters. The standard InChI is InChI=1S/C22H23F3N4/c1-15-20(17-9-10-19(26-12-17)16-6-3-2-4-7-16)28-21(27-15)18-8-5-11-29(13-18)14-22(23,24)25/h2-4,6-7,9-10,12,18H,5,8,11,13-14H2,1H3,(H,27,28)/t18-/m0/s1. The molecule has 1 atom stereocenters. The molecule has 3 heterocycles. The molecule has 3 aromatic rings. The number of pyridine rings is 1. The van der Waals surface area contributed by atoms with Crippen LogP contribution in [0.15, 0.2) is 48.7 Å². The summed E-state index contributed by atoms with van der Waals surface area (Å²) in [5.74, 6) is 0.742. The number of aryl methyl sites for hydroxylation is 1. The van der Waals surface area contributed by atoms with E-state index < -0.39 is 12.7 Å². The first-order chi connectivity index (χ1) is 13.9. The second-order valence-corrected chi connectivity index (χ2v) is 7.58. The van der Waals surface area contributed by atoms with Gasteiger partial charge in [0.05, 0.1) is 17.9 Å². The molecule has 7 heteroatoms. The molecule has 152 valence electrons. The lowest BCUT2D eigenvalue weighted by Gasteiger charge is -2.32. The van der Waals surface area contributed by atoms with Gasteiger partial charge in [0.2, 0.25) is 0 Å². The van der Waals surface area contributed by atoms with Gasteiger partial charge in [-0.3, -0.25) is 9.88 Å². The van der Waals surface area contributed by atoms with E-state index in [2.05, 4.69) is 9.97 Å². The van der Waals surface area contributed by atoms with E-state index in [-0.39, 0.29) is 5.92 Å². The summed E-state index contributed by atoms with van der Waals surface area (Å²) in [4.78, 5) is 14.1. The predicted molar refractivity (Wildman–Crippen MR) is 106 cm³/mol. The van der Waals surface area contributed by atoms with Gasteiger partial charge >= 0.3 is 6.18 Å². The predicted octanol–water partition coefficient (Wildman–Crippen LogP) is 5.19. The van der Waals surface area contributed by atoms with Crippen LogP contribution in [0, 0.1) is 6.92 Å². The van der Waals surface area contributed by atoms with Gasteiger partial charge in [0.15, 0.2) is 0 Å². The topological polar surface area (TPSA) is 44.8 Å². The van der Waals surface area contributed by atoms with Crippen molar-refractivity contribution in [2.24, 2.45) is 0 Å². The molecular formula is C22H23F3N4. The monoisotopic (exact) mass is 400 g/mol. The number of hydrogen-bond donors (Lipinski definition) is 1. The molecule has 0 saturated carbocycles. The molecule has 0 radical (unpaired) electrons. The van der Waals surface area contributed by atoms with Gasteiger partial charge in [-0.05, 0) is 38.4 Å². The highest BCUT2D eigenvalue weighted by molar-refractivity contribution is 5.66. The van der Waals surface area contributed by atoms with Crippen molar-refractivity contribution in [2.45, 2.75) is 31.9 Å². The van der Waals surface area contributed by atoms with Crippen LogP contribution < -0.4 is 0 Å². The number of piperidine rings is 1. The third-order valence-corrected chi connectivity index (χ3v) is 5.30. The zero-order valence-electron chi connectivity index (χ0n) is 16.2. The number of imidazole rings is 1. The van der Waals surface area contributed by atoms with Gasteiger partial charge in [-0.2, -0.15) is 13.2 Å². The summed E-state index contributed by atoms with van der Waals surface area (Å²) in [6.07, 6.45) is -0.792. The Kier molecular flexibility index (Phi) is 5.41. The van der Waals surface area contributed by atoms with Gasteiger partial charge < -0.3 is 4.98 Å². The second kappa shape index (κ2) is 7.99. The highest BCUT2D eigenvalue weighted by atomic mass is 19.4. The summed E-state index contributed by atoms with van der Waals surface area (Å²) >= 11 is 0. The van der Waals surface area contributed by atoms with Crippen LogP contribution in [0.5, 0.6) is 0 Å². The maximum atomic E-state index is 12.7. The molecule has 1 aliphatic heterocycles. The number of rotatable bonds is 4. The van der Waals surface area contributed by atoms with Crippen LogP contribution in [-0.4, -0.2) is 45.7 Å². The van der Waals surface area contributed by atoms with Crippen LogP contribution in [0.2, 0.25) is 0 Å². The first-order valence-electron chi connectivity index (χ1n) is 9.76. The highest BCUT2D eigenvalue weighted by Crippen LogP contribution is 2.31. The summed E-state index contributed by atoms with van der Waals surface area (Å²) in [5.41, 5.74) is 4.54. The van der Waals surface area contributed by atoms with Crippen LogP contribution in [0.1, 0.15) is 30.3 Å². The summed E-state index contributed by atoms with van der Waals surface area (Å²) in [5, 5.41) is 0. The van der Waals surface area contributed by atoms with Crippen LogP contribution in [-0.2, 0) is 0 Å². The number of aromatic nitrogens is 3. The highest BCUT2D eigenvalue weighted by Gasteiger charge is 2.34. The Morgan fingerprint density at radius 2 is 1.90 bits per heavy atom. The Labute approximate surface area is 167 Å². The Hall–Kier alpha value is -2.67. The second-order valence-electron chi connectivity index (χ2n) is 7.58. The molecule has 1 saturated heterocycles. The number of benzene rings is 1. The molecule has 0 spiro atoms. The lowest BCUT2D eigenvalue weighted by molar-refractivity contribution is -0.148. The third kappa shape index (κ3) is 4.67. The fourth-order valence-corrected chi connectivity index (χ4v) is 3.95. The summed E-state index contributed by atoms with van der Waals surface area (Å²) in [6.45, 7) is 1.93. The quantitative estimate of drug-likeness (QED) is 0.656. The maximum absolute atomic E-state index is 12.7. The van der Waals surface area contributed by atoms with Crippen molar-refractivity contribution in [1.82, 2.24) is 19.9 Å². The van der Waals surface area contributed by atoms with E-state index in [9.17, 15) is 13.2 Å². The number of H-pyrrole nitrogens is 1. The molecule has 4 nitrogen and oxygen atoms in total. The first-order valence-corrected chi connectivity index (χ1v) is 9.76. The minimum Gasteiger partial charge on any atom is -0.345 e. The van der Waals surface area contributed by atoms with E-state index in [4.69, 9.17) is 4.98 Å². The van der Waals surface area contributed by atoms with E-state index in [1.165, 1.54) is 4.90 Å². The number of likely N-dealkylation sites (tertiary alicyclic amines) is 1. The Bertz CT molecular complexity index is 948. The van der Waals surface area contributed by atoms with Crippen molar-refractivity contribution in [2.75, 3.05) is 19.6 Å². The van der Waals surface area contributed by atoms with E-state index in [1.54, 1.807) is 6.20 Å². The zero-order valence-corrected chi connectivity index (χ0v) is 16.2. The van der Waals surface area contributed by atoms with Crippen molar-refractivity contribution < 1.29 is 13.2 Å². The number of nitrogens with one attached hydrogen (secondary N) is 1.